The van der Waals surface area contributed by atoms with E-state index in [1.807, 2.05) is 6.07 Å². The molecule has 1 aliphatic rings. The van der Waals surface area contributed by atoms with Crippen molar-refractivity contribution in [1.82, 2.24) is 14.9 Å². The highest BCUT2D eigenvalue weighted by molar-refractivity contribution is 7.99. The van der Waals surface area contributed by atoms with Crippen LogP contribution in [0.1, 0.15) is 29.5 Å². The molecule has 1 N–H and O–H groups in total. The normalized spacial score (nSPS) is 16.0. The van der Waals surface area contributed by atoms with Gasteiger partial charge in [-0.1, -0.05) is 24.8 Å². The fourth-order valence-electron chi connectivity index (χ4n) is 3.58. The first kappa shape index (κ1) is 20.0. The quantitative estimate of drug-likeness (QED) is 0.353. The number of nitrogens with one attached hydrogen (secondary N) is 1. The lowest BCUT2D eigenvalue weighted by atomic mass is 9.89. The van der Waals surface area contributed by atoms with Crippen LogP contribution in [0.15, 0.2) is 45.4 Å². The van der Waals surface area contributed by atoms with E-state index in [9.17, 15) is 9.59 Å². The summed E-state index contributed by atoms with van der Waals surface area (Å²) in [7, 11) is 0. The van der Waals surface area contributed by atoms with E-state index in [0.717, 1.165) is 35.0 Å². The molecular formula is C21H23N3O3S2. The zero-order valence-corrected chi connectivity index (χ0v) is 17.9. The molecule has 4 rings (SSSR count). The van der Waals surface area contributed by atoms with Gasteiger partial charge in [0.25, 0.3) is 5.56 Å². The van der Waals surface area contributed by atoms with Crippen molar-refractivity contribution in [3.63, 3.8) is 0 Å². The van der Waals surface area contributed by atoms with Gasteiger partial charge in [-0.3, -0.25) is 14.2 Å². The molecule has 3 aromatic heterocycles. The maximum absolute atomic E-state index is 13.5. The Hall–Kier alpha value is -2.32. The van der Waals surface area contributed by atoms with E-state index >= 15 is 0 Å². The van der Waals surface area contributed by atoms with Gasteiger partial charge in [-0.05, 0) is 42.9 Å². The third kappa shape index (κ3) is 4.18. The van der Waals surface area contributed by atoms with Crippen LogP contribution in [-0.2, 0) is 24.2 Å². The Morgan fingerprint density at radius 3 is 3.17 bits per heavy atom. The van der Waals surface area contributed by atoms with Crippen LogP contribution in [0.25, 0.3) is 10.2 Å². The standard InChI is InChI=1S/C21H23N3O3S2/c1-3-8-22-17(25)12-28-21-23-19-18(15-7-6-13(2)10-16(15)29-19)20(26)24(21)11-14-5-4-9-27-14/h3-5,9,13H,1,6-8,10-12H2,2H3,(H,22,25). The lowest BCUT2D eigenvalue weighted by Gasteiger charge is -2.17. The number of amides is 1. The van der Waals surface area contributed by atoms with E-state index in [4.69, 9.17) is 9.40 Å². The van der Waals surface area contributed by atoms with E-state index in [-0.39, 0.29) is 17.2 Å². The maximum Gasteiger partial charge on any atom is 0.263 e. The molecule has 0 aliphatic heterocycles. The first-order chi connectivity index (χ1) is 14.1. The molecule has 0 bridgehead atoms. The van der Waals surface area contributed by atoms with Gasteiger partial charge < -0.3 is 9.73 Å². The summed E-state index contributed by atoms with van der Waals surface area (Å²) in [5, 5.41) is 4.04. The Labute approximate surface area is 177 Å². The predicted octanol–water partition coefficient (Wildman–Crippen LogP) is 3.62. The minimum atomic E-state index is -0.118. The van der Waals surface area contributed by atoms with Gasteiger partial charge in [0.05, 0.1) is 23.9 Å². The van der Waals surface area contributed by atoms with Crippen LogP contribution in [0.5, 0.6) is 0 Å². The summed E-state index contributed by atoms with van der Waals surface area (Å²) in [6.07, 6.45) is 6.24. The van der Waals surface area contributed by atoms with Crippen molar-refractivity contribution < 1.29 is 9.21 Å². The molecule has 0 saturated heterocycles. The van der Waals surface area contributed by atoms with Gasteiger partial charge in [-0.15, -0.1) is 17.9 Å². The molecule has 1 aliphatic carbocycles. The molecule has 152 valence electrons. The first-order valence-corrected chi connectivity index (χ1v) is 11.4. The summed E-state index contributed by atoms with van der Waals surface area (Å²) in [6, 6.07) is 3.64. The molecule has 1 amide bonds. The van der Waals surface area contributed by atoms with Gasteiger partial charge in [0.1, 0.15) is 10.6 Å². The molecule has 3 aromatic rings. The number of aryl methyl sites for hydroxylation is 1. The van der Waals surface area contributed by atoms with Crippen molar-refractivity contribution in [3.8, 4) is 0 Å². The molecule has 0 saturated carbocycles. The van der Waals surface area contributed by atoms with Crippen LogP contribution >= 0.6 is 23.1 Å². The first-order valence-electron chi connectivity index (χ1n) is 9.64. The van der Waals surface area contributed by atoms with Crippen LogP contribution in [-0.4, -0.2) is 27.8 Å². The zero-order valence-electron chi connectivity index (χ0n) is 16.3. The van der Waals surface area contributed by atoms with E-state index in [1.54, 1.807) is 34.3 Å². The van der Waals surface area contributed by atoms with Gasteiger partial charge in [-0.25, -0.2) is 4.98 Å². The van der Waals surface area contributed by atoms with Gasteiger partial charge in [0.15, 0.2) is 5.16 Å². The Kier molecular flexibility index (Phi) is 5.91. The molecular weight excluding hydrogens is 406 g/mol. The second-order valence-electron chi connectivity index (χ2n) is 7.28. The Bertz CT molecular complexity index is 1100. The lowest BCUT2D eigenvalue weighted by Crippen LogP contribution is -2.27. The van der Waals surface area contributed by atoms with Gasteiger partial charge >= 0.3 is 0 Å². The SMILES string of the molecule is C=CCNC(=O)CSc1nc2sc3c(c2c(=O)n1Cc1ccco1)CCC(C)C3. The minimum absolute atomic E-state index is 0.0487. The number of hydrogen-bond donors (Lipinski definition) is 1. The summed E-state index contributed by atoms with van der Waals surface area (Å²) in [6.45, 7) is 6.57. The number of hydrogen-bond acceptors (Lipinski definition) is 6. The number of thioether (sulfide) groups is 1. The predicted molar refractivity (Wildman–Crippen MR) is 117 cm³/mol. The fourth-order valence-corrected chi connectivity index (χ4v) is 5.83. The van der Waals surface area contributed by atoms with E-state index in [2.05, 4.69) is 18.8 Å². The van der Waals surface area contributed by atoms with E-state index < -0.39 is 0 Å². The number of aromatic nitrogens is 2. The summed E-state index contributed by atoms with van der Waals surface area (Å²) in [5.74, 6) is 1.38. The topological polar surface area (TPSA) is 77.1 Å². The fraction of sp³-hybridized carbons (Fsp3) is 0.381. The third-order valence-corrected chi connectivity index (χ3v) is 7.17. The second kappa shape index (κ2) is 8.59. The average Bonchev–Trinajstić information content (AvgIpc) is 3.34. The molecule has 0 aromatic carbocycles. The van der Waals surface area contributed by atoms with Crippen molar-refractivity contribution in [2.24, 2.45) is 5.92 Å². The molecule has 1 atom stereocenters. The molecule has 1 unspecified atom stereocenters. The van der Waals surface area contributed by atoms with Crippen molar-refractivity contribution in [1.29, 1.82) is 0 Å². The number of rotatable bonds is 7. The monoisotopic (exact) mass is 429 g/mol. The second-order valence-corrected chi connectivity index (χ2v) is 9.30. The number of nitrogens with zero attached hydrogens (tertiary/aromatic N) is 2. The van der Waals surface area contributed by atoms with Crippen molar-refractivity contribution >= 4 is 39.2 Å². The maximum atomic E-state index is 13.5. The molecule has 6 nitrogen and oxygen atoms in total. The third-order valence-electron chi connectivity index (χ3n) is 5.05. The molecule has 0 spiro atoms. The largest absolute Gasteiger partial charge is 0.467 e. The number of fused-ring (bicyclic) bond motifs is 3. The van der Waals surface area contributed by atoms with E-state index in [0.29, 0.717) is 29.9 Å². The highest BCUT2D eigenvalue weighted by Crippen LogP contribution is 2.36. The van der Waals surface area contributed by atoms with Crippen LogP contribution in [0.3, 0.4) is 0 Å². The highest BCUT2D eigenvalue weighted by Gasteiger charge is 2.25. The van der Waals surface area contributed by atoms with Crippen LogP contribution in [0.4, 0.5) is 0 Å². The summed E-state index contributed by atoms with van der Waals surface area (Å²) < 4.78 is 7.10. The van der Waals surface area contributed by atoms with Gasteiger partial charge in [0, 0.05) is 11.4 Å². The smallest absolute Gasteiger partial charge is 0.263 e. The van der Waals surface area contributed by atoms with Crippen LogP contribution < -0.4 is 10.9 Å². The minimum Gasteiger partial charge on any atom is -0.467 e. The lowest BCUT2D eigenvalue weighted by molar-refractivity contribution is -0.118. The summed E-state index contributed by atoms with van der Waals surface area (Å²) in [5.41, 5.74) is 1.11. The zero-order chi connectivity index (χ0) is 20.4. The van der Waals surface area contributed by atoms with Crippen molar-refractivity contribution in [3.05, 3.63) is 57.6 Å². The average molecular weight is 430 g/mol. The van der Waals surface area contributed by atoms with Crippen molar-refractivity contribution in [2.75, 3.05) is 12.3 Å². The molecule has 3 heterocycles. The number of carbonyl (C=O) groups is 1. The molecule has 29 heavy (non-hydrogen) atoms. The molecule has 8 heteroatoms. The van der Waals surface area contributed by atoms with Crippen LogP contribution in [0.2, 0.25) is 0 Å². The number of furan rings is 1. The highest BCUT2D eigenvalue weighted by atomic mass is 32.2. The van der Waals surface area contributed by atoms with E-state index in [1.165, 1.54) is 16.6 Å². The number of thiophene rings is 1. The summed E-state index contributed by atoms with van der Waals surface area (Å²) in [4.78, 5) is 32.4. The Morgan fingerprint density at radius 2 is 2.41 bits per heavy atom. The van der Waals surface area contributed by atoms with Gasteiger partial charge in [-0.2, -0.15) is 0 Å². The Morgan fingerprint density at radius 1 is 1.55 bits per heavy atom. The number of carbonyl (C=O) groups excluding carboxylic acids is 1. The summed E-state index contributed by atoms with van der Waals surface area (Å²) >= 11 is 2.90. The van der Waals surface area contributed by atoms with Gasteiger partial charge in [0.2, 0.25) is 5.91 Å². The molecule has 0 fully saturated rings. The Balaban J connectivity index is 1.74. The van der Waals surface area contributed by atoms with Crippen molar-refractivity contribution in [2.45, 2.75) is 37.9 Å². The van der Waals surface area contributed by atoms with Crippen LogP contribution in [0, 0.1) is 5.92 Å². The molecule has 0 radical (unpaired) electrons.